The summed E-state index contributed by atoms with van der Waals surface area (Å²) in [5, 5.41) is 3.53. The van der Waals surface area contributed by atoms with Crippen LogP contribution in [0.5, 0.6) is 5.75 Å². The Bertz CT molecular complexity index is 666. The fourth-order valence-electron chi connectivity index (χ4n) is 2.02. The lowest BCUT2D eigenvalue weighted by Gasteiger charge is -2.13. The zero-order chi connectivity index (χ0) is 17.5. The van der Waals surface area contributed by atoms with Crippen molar-refractivity contribution in [2.75, 3.05) is 20.8 Å². The highest BCUT2D eigenvalue weighted by Crippen LogP contribution is 2.20. The van der Waals surface area contributed by atoms with Gasteiger partial charge >= 0.3 is 0 Å². The van der Waals surface area contributed by atoms with Crippen LogP contribution in [0.3, 0.4) is 0 Å². The normalized spacial score (nSPS) is 10.9. The zero-order valence-corrected chi connectivity index (χ0v) is 15.1. The number of benzene rings is 1. The number of carbonyl (C=O) groups excluding carboxylic acids is 1. The number of nitrogens with zero attached hydrogens (tertiary/aromatic N) is 1. The average molecular weight is 350 g/mol. The van der Waals surface area contributed by atoms with E-state index in [0.717, 1.165) is 10.8 Å². The SMILES string of the molecule is COC(CNC(=O)c1sc(COc2ccc(C)cc2)nc1C)OC. The van der Waals surface area contributed by atoms with E-state index < -0.39 is 6.29 Å². The third kappa shape index (κ3) is 5.02. The Morgan fingerprint density at radius 1 is 1.21 bits per heavy atom. The van der Waals surface area contributed by atoms with E-state index in [1.165, 1.54) is 31.1 Å². The van der Waals surface area contributed by atoms with Gasteiger partial charge < -0.3 is 19.5 Å². The summed E-state index contributed by atoms with van der Waals surface area (Å²) in [6.07, 6.45) is -0.466. The number of thiazole rings is 1. The summed E-state index contributed by atoms with van der Waals surface area (Å²) in [4.78, 5) is 17.2. The Kier molecular flexibility index (Phi) is 6.72. The first-order chi connectivity index (χ1) is 11.5. The maximum Gasteiger partial charge on any atom is 0.263 e. The molecule has 0 atom stereocenters. The number of aryl methyl sites for hydroxylation is 2. The highest BCUT2D eigenvalue weighted by atomic mass is 32.1. The van der Waals surface area contributed by atoms with Crippen LogP contribution in [0.4, 0.5) is 0 Å². The first kappa shape index (κ1) is 18.4. The maximum absolute atomic E-state index is 12.2. The van der Waals surface area contributed by atoms with E-state index in [2.05, 4.69) is 10.3 Å². The molecule has 24 heavy (non-hydrogen) atoms. The Balaban J connectivity index is 1.93. The van der Waals surface area contributed by atoms with Gasteiger partial charge in [0.2, 0.25) is 0 Å². The van der Waals surface area contributed by atoms with E-state index in [4.69, 9.17) is 14.2 Å². The van der Waals surface area contributed by atoms with Crippen LogP contribution in [-0.2, 0) is 16.1 Å². The summed E-state index contributed by atoms with van der Waals surface area (Å²) in [7, 11) is 3.05. The summed E-state index contributed by atoms with van der Waals surface area (Å²) < 4.78 is 15.8. The Labute approximate surface area is 145 Å². The van der Waals surface area contributed by atoms with Crippen molar-refractivity contribution >= 4 is 17.2 Å². The molecule has 0 radical (unpaired) electrons. The van der Waals surface area contributed by atoms with Crippen LogP contribution in [0.1, 0.15) is 25.9 Å². The van der Waals surface area contributed by atoms with Crippen molar-refractivity contribution in [2.45, 2.75) is 26.7 Å². The van der Waals surface area contributed by atoms with Crippen LogP contribution < -0.4 is 10.1 Å². The van der Waals surface area contributed by atoms with Crippen molar-refractivity contribution in [3.63, 3.8) is 0 Å². The topological polar surface area (TPSA) is 69.7 Å². The molecule has 2 aromatic rings. The molecule has 0 saturated heterocycles. The standard InChI is InChI=1S/C17H22N2O4S/c1-11-5-7-13(8-6-11)23-10-14-19-12(2)16(24-14)17(20)18-9-15(21-3)22-4/h5-8,15H,9-10H2,1-4H3,(H,18,20). The Hall–Kier alpha value is -1.96. The summed E-state index contributed by atoms with van der Waals surface area (Å²) in [5.74, 6) is 0.591. The van der Waals surface area contributed by atoms with E-state index >= 15 is 0 Å². The molecule has 1 aromatic heterocycles. The smallest absolute Gasteiger partial charge is 0.263 e. The average Bonchev–Trinajstić information content (AvgIpc) is 2.96. The number of aromatic nitrogens is 1. The molecule has 0 aliphatic heterocycles. The fraction of sp³-hybridized carbons (Fsp3) is 0.412. The van der Waals surface area contributed by atoms with Gasteiger partial charge in [0.05, 0.1) is 12.2 Å². The molecule has 1 aromatic carbocycles. The second kappa shape index (κ2) is 8.77. The van der Waals surface area contributed by atoms with Crippen molar-refractivity contribution < 1.29 is 19.0 Å². The summed E-state index contributed by atoms with van der Waals surface area (Å²) in [6.45, 7) is 4.44. The predicted octanol–water partition coefficient (Wildman–Crippen LogP) is 2.69. The number of ether oxygens (including phenoxy) is 3. The highest BCUT2D eigenvalue weighted by molar-refractivity contribution is 7.13. The van der Waals surface area contributed by atoms with Gasteiger partial charge in [-0.1, -0.05) is 17.7 Å². The molecule has 7 heteroatoms. The van der Waals surface area contributed by atoms with E-state index in [-0.39, 0.29) is 12.5 Å². The molecule has 0 unspecified atom stereocenters. The lowest BCUT2D eigenvalue weighted by Crippen LogP contribution is -2.34. The summed E-state index contributed by atoms with van der Waals surface area (Å²) in [6, 6.07) is 7.81. The predicted molar refractivity (Wildman–Crippen MR) is 92.5 cm³/mol. The minimum atomic E-state index is -0.466. The molecule has 1 heterocycles. The van der Waals surface area contributed by atoms with Gasteiger partial charge in [0.1, 0.15) is 22.2 Å². The van der Waals surface area contributed by atoms with Crippen LogP contribution >= 0.6 is 11.3 Å². The molecule has 0 spiro atoms. The van der Waals surface area contributed by atoms with Gasteiger partial charge in [-0.3, -0.25) is 4.79 Å². The number of amides is 1. The number of nitrogens with one attached hydrogen (secondary N) is 1. The van der Waals surface area contributed by atoms with Gasteiger partial charge in [0, 0.05) is 14.2 Å². The lowest BCUT2D eigenvalue weighted by molar-refractivity contribution is -0.0974. The van der Waals surface area contributed by atoms with Crippen molar-refractivity contribution in [1.29, 1.82) is 0 Å². The van der Waals surface area contributed by atoms with Gasteiger partial charge in [-0.05, 0) is 26.0 Å². The number of rotatable bonds is 8. The molecule has 2 rings (SSSR count). The van der Waals surface area contributed by atoms with Crippen LogP contribution in [-0.4, -0.2) is 37.9 Å². The molecule has 0 saturated carbocycles. The van der Waals surface area contributed by atoms with Gasteiger partial charge in [0.15, 0.2) is 6.29 Å². The molecule has 130 valence electrons. The minimum Gasteiger partial charge on any atom is -0.486 e. The molecule has 1 N–H and O–H groups in total. The number of hydrogen-bond acceptors (Lipinski definition) is 6. The largest absolute Gasteiger partial charge is 0.486 e. The number of hydrogen-bond donors (Lipinski definition) is 1. The molecule has 0 aliphatic rings. The van der Waals surface area contributed by atoms with Crippen LogP contribution in [0, 0.1) is 13.8 Å². The first-order valence-corrected chi connectivity index (χ1v) is 8.34. The highest BCUT2D eigenvalue weighted by Gasteiger charge is 2.17. The van der Waals surface area contributed by atoms with E-state index in [0.29, 0.717) is 17.2 Å². The molecule has 6 nitrogen and oxygen atoms in total. The maximum atomic E-state index is 12.2. The molecule has 0 bridgehead atoms. The second-order valence-electron chi connectivity index (χ2n) is 5.23. The summed E-state index contributed by atoms with van der Waals surface area (Å²) in [5.41, 5.74) is 1.86. The quantitative estimate of drug-likeness (QED) is 0.741. The minimum absolute atomic E-state index is 0.189. The first-order valence-electron chi connectivity index (χ1n) is 7.53. The number of methoxy groups -OCH3 is 2. The van der Waals surface area contributed by atoms with Gasteiger partial charge in [-0.25, -0.2) is 4.98 Å². The van der Waals surface area contributed by atoms with E-state index in [1.54, 1.807) is 0 Å². The van der Waals surface area contributed by atoms with Crippen molar-refractivity contribution in [2.24, 2.45) is 0 Å². The number of carbonyl (C=O) groups is 1. The van der Waals surface area contributed by atoms with Crippen molar-refractivity contribution in [3.8, 4) is 5.75 Å². The van der Waals surface area contributed by atoms with Crippen molar-refractivity contribution in [1.82, 2.24) is 10.3 Å². The van der Waals surface area contributed by atoms with Crippen LogP contribution in [0.2, 0.25) is 0 Å². The Morgan fingerprint density at radius 3 is 2.50 bits per heavy atom. The van der Waals surface area contributed by atoms with Crippen LogP contribution in [0.15, 0.2) is 24.3 Å². The zero-order valence-electron chi connectivity index (χ0n) is 14.3. The fourth-order valence-corrected chi connectivity index (χ4v) is 2.92. The van der Waals surface area contributed by atoms with Gasteiger partial charge in [-0.15, -0.1) is 11.3 Å². The summed E-state index contributed by atoms with van der Waals surface area (Å²) >= 11 is 1.33. The van der Waals surface area contributed by atoms with E-state index in [1.807, 2.05) is 38.1 Å². The van der Waals surface area contributed by atoms with Gasteiger partial charge in [-0.2, -0.15) is 0 Å². The molecular weight excluding hydrogens is 328 g/mol. The third-order valence-corrected chi connectivity index (χ3v) is 4.52. The molecule has 1 amide bonds. The van der Waals surface area contributed by atoms with Crippen molar-refractivity contribution in [3.05, 3.63) is 45.4 Å². The molecule has 0 fully saturated rings. The van der Waals surface area contributed by atoms with E-state index in [9.17, 15) is 4.79 Å². The third-order valence-electron chi connectivity index (χ3n) is 3.39. The molecule has 0 aliphatic carbocycles. The molecular formula is C17H22N2O4S. The van der Waals surface area contributed by atoms with Gasteiger partial charge in [0.25, 0.3) is 5.91 Å². The lowest BCUT2D eigenvalue weighted by atomic mass is 10.2. The second-order valence-corrected chi connectivity index (χ2v) is 6.32. The van der Waals surface area contributed by atoms with Crippen LogP contribution in [0.25, 0.3) is 0 Å². The Morgan fingerprint density at radius 2 is 1.88 bits per heavy atom. The monoisotopic (exact) mass is 350 g/mol.